The second-order valence-corrected chi connectivity index (χ2v) is 7.72. The second-order valence-electron chi connectivity index (χ2n) is 7.72. The van der Waals surface area contributed by atoms with Crippen molar-refractivity contribution in [3.05, 3.63) is 117 Å². The zero-order valence-electron chi connectivity index (χ0n) is 17.1. The highest BCUT2D eigenvalue weighted by molar-refractivity contribution is 6.00. The Morgan fingerprint density at radius 2 is 1.69 bits per heavy atom. The highest BCUT2D eigenvalue weighted by Crippen LogP contribution is 2.43. The topological polar surface area (TPSA) is 92.1 Å². The van der Waals surface area contributed by atoms with Crippen molar-refractivity contribution in [1.29, 1.82) is 0 Å². The van der Waals surface area contributed by atoms with Crippen LogP contribution in [-0.4, -0.2) is 32.5 Å². The lowest BCUT2D eigenvalue weighted by Crippen LogP contribution is -2.31. The number of carbonyl (C=O) groups is 1. The summed E-state index contributed by atoms with van der Waals surface area (Å²) in [6.07, 6.45) is 0.677. The SMILES string of the molecule is O=C1c2[nH]nc(-c3ccccc3)c2C(c2cccc([N+](=O)[O-])c2)N1CCc1ccccc1. The lowest BCUT2D eigenvalue weighted by atomic mass is 9.95. The molecular weight excluding hydrogens is 404 g/mol. The molecule has 0 saturated heterocycles. The van der Waals surface area contributed by atoms with E-state index in [1.165, 1.54) is 6.07 Å². The number of nitro groups is 1. The average Bonchev–Trinajstić information content (AvgIpc) is 3.38. The molecule has 1 amide bonds. The first-order valence-electron chi connectivity index (χ1n) is 10.4. The van der Waals surface area contributed by atoms with E-state index in [1.807, 2.05) is 66.7 Å². The van der Waals surface area contributed by atoms with Gasteiger partial charge < -0.3 is 4.90 Å². The molecule has 4 aromatic rings. The van der Waals surface area contributed by atoms with Crippen molar-refractivity contribution in [2.75, 3.05) is 6.54 Å². The molecule has 0 bridgehead atoms. The molecule has 1 atom stereocenters. The van der Waals surface area contributed by atoms with Gasteiger partial charge in [0, 0.05) is 29.8 Å². The minimum Gasteiger partial charge on any atom is -0.326 e. The number of non-ortho nitro benzene ring substituents is 1. The normalized spacial score (nSPS) is 15.1. The molecule has 3 aromatic carbocycles. The van der Waals surface area contributed by atoms with Crippen LogP contribution >= 0.6 is 0 Å². The molecule has 1 aromatic heterocycles. The van der Waals surface area contributed by atoms with Crippen LogP contribution in [0.15, 0.2) is 84.9 Å². The van der Waals surface area contributed by atoms with E-state index in [-0.39, 0.29) is 11.6 Å². The number of carbonyl (C=O) groups excluding carboxylic acids is 1. The van der Waals surface area contributed by atoms with E-state index in [0.717, 1.165) is 16.7 Å². The summed E-state index contributed by atoms with van der Waals surface area (Å²) in [6, 6.07) is 25.6. The third-order valence-corrected chi connectivity index (χ3v) is 5.79. The molecule has 0 aliphatic carbocycles. The fourth-order valence-corrected chi connectivity index (χ4v) is 4.29. The van der Waals surface area contributed by atoms with Gasteiger partial charge in [0.15, 0.2) is 0 Å². The van der Waals surface area contributed by atoms with E-state index in [2.05, 4.69) is 10.2 Å². The van der Waals surface area contributed by atoms with Gasteiger partial charge in [-0.1, -0.05) is 72.8 Å². The van der Waals surface area contributed by atoms with Crippen molar-refractivity contribution < 1.29 is 9.72 Å². The van der Waals surface area contributed by atoms with Crippen LogP contribution in [0.5, 0.6) is 0 Å². The van der Waals surface area contributed by atoms with Gasteiger partial charge in [-0.25, -0.2) is 0 Å². The summed E-state index contributed by atoms with van der Waals surface area (Å²) in [5.41, 5.74) is 4.58. The van der Waals surface area contributed by atoms with Crippen LogP contribution in [0.2, 0.25) is 0 Å². The van der Waals surface area contributed by atoms with Gasteiger partial charge in [-0.2, -0.15) is 5.10 Å². The molecule has 0 saturated carbocycles. The number of aromatic nitrogens is 2. The van der Waals surface area contributed by atoms with E-state index >= 15 is 0 Å². The van der Waals surface area contributed by atoms with Crippen molar-refractivity contribution >= 4 is 11.6 Å². The minimum absolute atomic E-state index is 0.00355. The number of hydrogen-bond acceptors (Lipinski definition) is 4. The molecule has 0 radical (unpaired) electrons. The molecule has 2 heterocycles. The molecule has 1 aliphatic heterocycles. The predicted octanol–water partition coefficient (Wildman–Crippen LogP) is 4.77. The number of nitro benzene ring substituents is 1. The van der Waals surface area contributed by atoms with Crippen LogP contribution in [-0.2, 0) is 6.42 Å². The fourth-order valence-electron chi connectivity index (χ4n) is 4.29. The predicted molar refractivity (Wildman–Crippen MR) is 120 cm³/mol. The third kappa shape index (κ3) is 3.43. The summed E-state index contributed by atoms with van der Waals surface area (Å²) in [6.45, 7) is 0.479. The van der Waals surface area contributed by atoms with Crippen molar-refractivity contribution in [3.63, 3.8) is 0 Å². The number of amides is 1. The van der Waals surface area contributed by atoms with Crippen LogP contribution < -0.4 is 0 Å². The van der Waals surface area contributed by atoms with Gasteiger partial charge in [0.2, 0.25) is 0 Å². The van der Waals surface area contributed by atoms with E-state index in [1.54, 1.807) is 17.0 Å². The van der Waals surface area contributed by atoms with Crippen molar-refractivity contribution in [2.45, 2.75) is 12.5 Å². The molecule has 0 spiro atoms. The largest absolute Gasteiger partial charge is 0.326 e. The van der Waals surface area contributed by atoms with Gasteiger partial charge in [-0.05, 0) is 17.5 Å². The number of rotatable bonds is 6. The zero-order valence-corrected chi connectivity index (χ0v) is 17.1. The number of hydrogen-bond donors (Lipinski definition) is 1. The Kier molecular flexibility index (Phi) is 4.99. The molecule has 7 nitrogen and oxygen atoms in total. The molecule has 158 valence electrons. The summed E-state index contributed by atoms with van der Waals surface area (Å²) in [5.74, 6) is -0.151. The molecule has 1 unspecified atom stereocenters. The number of H-pyrrole nitrogens is 1. The first-order valence-corrected chi connectivity index (χ1v) is 10.4. The van der Waals surface area contributed by atoms with Crippen molar-refractivity contribution in [3.8, 4) is 11.3 Å². The fraction of sp³-hybridized carbons (Fsp3) is 0.120. The van der Waals surface area contributed by atoms with Crippen molar-refractivity contribution in [2.24, 2.45) is 0 Å². The Bertz CT molecular complexity index is 1290. The molecular formula is C25H20N4O3. The number of benzene rings is 3. The monoisotopic (exact) mass is 424 g/mol. The quantitative estimate of drug-likeness (QED) is 0.356. The number of fused-ring (bicyclic) bond motifs is 1. The van der Waals surface area contributed by atoms with Crippen molar-refractivity contribution in [1.82, 2.24) is 15.1 Å². The Morgan fingerprint density at radius 1 is 0.969 bits per heavy atom. The smallest absolute Gasteiger partial charge is 0.273 e. The lowest BCUT2D eigenvalue weighted by molar-refractivity contribution is -0.384. The van der Waals surface area contributed by atoms with Gasteiger partial charge in [-0.15, -0.1) is 0 Å². The molecule has 7 heteroatoms. The number of aromatic amines is 1. The summed E-state index contributed by atoms with van der Waals surface area (Å²) in [5, 5.41) is 18.8. The maximum atomic E-state index is 13.4. The Balaban J connectivity index is 1.60. The maximum absolute atomic E-state index is 13.4. The van der Waals surface area contributed by atoms with Gasteiger partial charge in [0.05, 0.1) is 16.7 Å². The minimum atomic E-state index is -0.463. The second kappa shape index (κ2) is 8.11. The van der Waals surface area contributed by atoms with E-state index < -0.39 is 11.0 Å². The first kappa shape index (κ1) is 19.7. The first-order chi connectivity index (χ1) is 15.6. The summed E-state index contributed by atoms with van der Waals surface area (Å²) >= 11 is 0. The Hall–Kier alpha value is -4.26. The molecule has 1 N–H and O–H groups in total. The van der Waals surface area contributed by atoms with Crippen LogP contribution in [0.25, 0.3) is 11.3 Å². The zero-order chi connectivity index (χ0) is 22.1. The molecule has 0 fully saturated rings. The standard InChI is InChI=1S/C25H20N4O3/c30-25-23-21(22(26-27-23)18-10-5-2-6-11-18)24(19-12-7-13-20(16-19)29(31)32)28(25)15-14-17-8-3-1-4-9-17/h1-13,16,24H,14-15H2,(H,26,27). The number of nitrogens with one attached hydrogen (secondary N) is 1. The highest BCUT2D eigenvalue weighted by atomic mass is 16.6. The highest BCUT2D eigenvalue weighted by Gasteiger charge is 2.42. The maximum Gasteiger partial charge on any atom is 0.273 e. The average molecular weight is 424 g/mol. The Labute approximate surface area is 184 Å². The van der Waals surface area contributed by atoms with Gasteiger partial charge in [0.25, 0.3) is 11.6 Å². The van der Waals surface area contributed by atoms with Crippen LogP contribution in [0.1, 0.15) is 33.2 Å². The molecule has 5 rings (SSSR count). The summed E-state index contributed by atoms with van der Waals surface area (Å²) in [4.78, 5) is 26.2. The lowest BCUT2D eigenvalue weighted by Gasteiger charge is -2.26. The van der Waals surface area contributed by atoms with Gasteiger partial charge in [0.1, 0.15) is 5.69 Å². The summed E-state index contributed by atoms with van der Waals surface area (Å²) < 4.78 is 0. The summed E-state index contributed by atoms with van der Waals surface area (Å²) in [7, 11) is 0. The molecule has 32 heavy (non-hydrogen) atoms. The van der Waals surface area contributed by atoms with Gasteiger partial charge in [-0.3, -0.25) is 20.0 Å². The van der Waals surface area contributed by atoms with Crippen LogP contribution in [0.3, 0.4) is 0 Å². The molecule has 1 aliphatic rings. The van der Waals surface area contributed by atoms with E-state index in [0.29, 0.717) is 29.9 Å². The third-order valence-electron chi connectivity index (χ3n) is 5.79. The number of nitrogens with zero attached hydrogens (tertiary/aromatic N) is 3. The Morgan fingerprint density at radius 3 is 2.41 bits per heavy atom. The van der Waals surface area contributed by atoms with Gasteiger partial charge >= 0.3 is 0 Å². The van der Waals surface area contributed by atoms with E-state index in [4.69, 9.17) is 0 Å². The van der Waals surface area contributed by atoms with Crippen LogP contribution in [0.4, 0.5) is 5.69 Å². The van der Waals surface area contributed by atoms with E-state index in [9.17, 15) is 14.9 Å². The van der Waals surface area contributed by atoms with Crippen LogP contribution in [0, 0.1) is 10.1 Å².